The molecular formula is C11H26N4. The minimum atomic E-state index is 0.516. The van der Waals surface area contributed by atoms with Crippen molar-refractivity contribution in [3.8, 4) is 0 Å². The van der Waals surface area contributed by atoms with Gasteiger partial charge in [0, 0.05) is 19.6 Å². The van der Waals surface area contributed by atoms with E-state index in [2.05, 4.69) is 43.0 Å². The molecule has 0 bridgehead atoms. The molecule has 0 aromatic rings. The monoisotopic (exact) mass is 214 g/mol. The molecule has 0 fully saturated rings. The summed E-state index contributed by atoms with van der Waals surface area (Å²) in [6, 6.07) is 0.516. The normalized spacial score (nSPS) is 12.4. The number of nitrogens with one attached hydrogen (secondary N) is 1. The van der Waals surface area contributed by atoms with Crippen molar-refractivity contribution in [2.24, 2.45) is 16.8 Å². The molecule has 0 aliphatic heterocycles. The van der Waals surface area contributed by atoms with Crippen molar-refractivity contribution in [2.45, 2.75) is 46.6 Å². The first-order valence-electron chi connectivity index (χ1n) is 5.80. The van der Waals surface area contributed by atoms with Gasteiger partial charge >= 0.3 is 0 Å². The van der Waals surface area contributed by atoms with E-state index in [-0.39, 0.29) is 0 Å². The molecule has 0 heterocycles. The Morgan fingerprint density at radius 1 is 1.33 bits per heavy atom. The lowest BCUT2D eigenvalue weighted by atomic mass is 10.1. The summed E-state index contributed by atoms with van der Waals surface area (Å²) < 4.78 is 0. The Hall–Kier alpha value is -0.770. The van der Waals surface area contributed by atoms with Crippen molar-refractivity contribution in [1.82, 2.24) is 10.3 Å². The topological polar surface area (TPSA) is 53.6 Å². The maximum absolute atomic E-state index is 5.48. The molecule has 0 atom stereocenters. The maximum atomic E-state index is 5.48. The summed E-state index contributed by atoms with van der Waals surface area (Å²) in [4.78, 5) is 6.45. The fourth-order valence-electron chi connectivity index (χ4n) is 1.81. The minimum Gasteiger partial charge on any atom is -0.339 e. The Labute approximate surface area is 93.9 Å². The number of hydrazine groups is 1. The SMILES string of the molecule is CCC(CC)N(CC(C)C)C(=NC)NN. The molecule has 0 spiro atoms. The summed E-state index contributed by atoms with van der Waals surface area (Å²) in [5, 5.41) is 0. The molecule has 0 unspecified atom stereocenters. The number of hydrogen-bond donors (Lipinski definition) is 2. The number of rotatable bonds is 5. The van der Waals surface area contributed by atoms with Crippen LogP contribution in [0.15, 0.2) is 4.99 Å². The highest BCUT2D eigenvalue weighted by Crippen LogP contribution is 2.11. The predicted molar refractivity (Wildman–Crippen MR) is 66.6 cm³/mol. The van der Waals surface area contributed by atoms with Crippen LogP contribution in [0, 0.1) is 5.92 Å². The second-order valence-corrected chi connectivity index (χ2v) is 4.21. The number of nitrogens with zero attached hydrogens (tertiary/aromatic N) is 2. The zero-order valence-electron chi connectivity index (χ0n) is 10.7. The first kappa shape index (κ1) is 14.2. The summed E-state index contributed by atoms with van der Waals surface area (Å²) in [6.45, 7) is 9.80. The lowest BCUT2D eigenvalue weighted by Crippen LogP contribution is -2.50. The molecular weight excluding hydrogens is 188 g/mol. The summed E-state index contributed by atoms with van der Waals surface area (Å²) in [7, 11) is 1.77. The largest absolute Gasteiger partial charge is 0.339 e. The molecule has 0 aromatic heterocycles. The van der Waals surface area contributed by atoms with Gasteiger partial charge < -0.3 is 4.90 Å². The smallest absolute Gasteiger partial charge is 0.208 e. The summed E-state index contributed by atoms with van der Waals surface area (Å²) in [5.74, 6) is 6.88. The second kappa shape index (κ2) is 7.51. The second-order valence-electron chi connectivity index (χ2n) is 4.21. The van der Waals surface area contributed by atoms with Crippen molar-refractivity contribution in [3.05, 3.63) is 0 Å². The highest BCUT2D eigenvalue weighted by molar-refractivity contribution is 5.79. The average molecular weight is 214 g/mol. The van der Waals surface area contributed by atoms with Gasteiger partial charge in [0.1, 0.15) is 0 Å². The van der Waals surface area contributed by atoms with Gasteiger partial charge in [0.25, 0.3) is 0 Å². The summed E-state index contributed by atoms with van der Waals surface area (Å²) >= 11 is 0. The summed E-state index contributed by atoms with van der Waals surface area (Å²) in [5.41, 5.74) is 2.68. The Bertz CT molecular complexity index is 185. The molecule has 0 aliphatic rings. The van der Waals surface area contributed by atoms with Crippen LogP contribution >= 0.6 is 0 Å². The molecule has 0 radical (unpaired) electrons. The highest BCUT2D eigenvalue weighted by Gasteiger charge is 2.19. The van der Waals surface area contributed by atoms with E-state index in [4.69, 9.17) is 5.84 Å². The van der Waals surface area contributed by atoms with Crippen molar-refractivity contribution < 1.29 is 0 Å². The fourth-order valence-corrected chi connectivity index (χ4v) is 1.81. The van der Waals surface area contributed by atoms with Gasteiger partial charge in [-0.3, -0.25) is 10.4 Å². The zero-order chi connectivity index (χ0) is 11.8. The van der Waals surface area contributed by atoms with E-state index in [1.54, 1.807) is 7.05 Å². The lowest BCUT2D eigenvalue weighted by Gasteiger charge is -2.34. The van der Waals surface area contributed by atoms with Crippen molar-refractivity contribution in [3.63, 3.8) is 0 Å². The van der Waals surface area contributed by atoms with Crippen LogP contribution in [0.25, 0.3) is 0 Å². The highest BCUT2D eigenvalue weighted by atomic mass is 15.4. The van der Waals surface area contributed by atoms with Gasteiger partial charge in [-0.1, -0.05) is 27.7 Å². The van der Waals surface area contributed by atoms with E-state index < -0.39 is 0 Å². The van der Waals surface area contributed by atoms with E-state index in [0.29, 0.717) is 12.0 Å². The Balaban J connectivity index is 4.69. The average Bonchev–Trinajstić information content (AvgIpc) is 2.20. The molecule has 15 heavy (non-hydrogen) atoms. The Morgan fingerprint density at radius 3 is 2.13 bits per heavy atom. The molecule has 0 saturated carbocycles. The number of aliphatic imine (C=N–C) groups is 1. The molecule has 0 aliphatic carbocycles. The van der Waals surface area contributed by atoms with Crippen LogP contribution in [-0.4, -0.2) is 30.5 Å². The van der Waals surface area contributed by atoms with Gasteiger partial charge in [-0.05, 0) is 18.8 Å². The van der Waals surface area contributed by atoms with Crippen molar-refractivity contribution in [2.75, 3.05) is 13.6 Å². The van der Waals surface area contributed by atoms with Gasteiger partial charge in [0.05, 0.1) is 0 Å². The Morgan fingerprint density at radius 2 is 1.87 bits per heavy atom. The van der Waals surface area contributed by atoms with Crippen LogP contribution in [0.4, 0.5) is 0 Å². The number of guanidine groups is 1. The minimum absolute atomic E-state index is 0.516. The Kier molecular flexibility index (Phi) is 7.13. The molecule has 0 rings (SSSR count). The van der Waals surface area contributed by atoms with E-state index in [9.17, 15) is 0 Å². The summed E-state index contributed by atoms with van der Waals surface area (Å²) in [6.07, 6.45) is 2.23. The van der Waals surface area contributed by atoms with E-state index in [0.717, 1.165) is 25.3 Å². The molecule has 4 nitrogen and oxygen atoms in total. The third kappa shape index (κ3) is 4.51. The molecule has 4 heteroatoms. The van der Waals surface area contributed by atoms with Crippen LogP contribution in [0.5, 0.6) is 0 Å². The van der Waals surface area contributed by atoms with Crippen LogP contribution in [0.2, 0.25) is 0 Å². The van der Waals surface area contributed by atoms with Gasteiger partial charge in [-0.2, -0.15) is 0 Å². The van der Waals surface area contributed by atoms with E-state index in [1.165, 1.54) is 0 Å². The maximum Gasteiger partial charge on any atom is 0.208 e. The standard InChI is InChI=1S/C11H26N4/c1-6-10(7-2)15(8-9(3)4)11(13-5)14-12/h9-10H,6-8,12H2,1-5H3,(H,13,14). The molecule has 90 valence electrons. The van der Waals surface area contributed by atoms with Crippen molar-refractivity contribution >= 4 is 5.96 Å². The van der Waals surface area contributed by atoms with Crippen molar-refractivity contribution in [1.29, 1.82) is 0 Å². The number of hydrogen-bond acceptors (Lipinski definition) is 2. The quantitative estimate of drug-likeness (QED) is 0.316. The third-order valence-corrected chi connectivity index (χ3v) is 2.56. The van der Waals surface area contributed by atoms with Crippen LogP contribution in [0.1, 0.15) is 40.5 Å². The lowest BCUT2D eigenvalue weighted by molar-refractivity contribution is 0.258. The van der Waals surface area contributed by atoms with Crippen LogP contribution < -0.4 is 11.3 Å². The van der Waals surface area contributed by atoms with E-state index >= 15 is 0 Å². The van der Waals surface area contributed by atoms with Gasteiger partial charge in [-0.15, -0.1) is 0 Å². The first-order valence-corrected chi connectivity index (χ1v) is 5.80. The van der Waals surface area contributed by atoms with Gasteiger partial charge in [0.15, 0.2) is 0 Å². The molecule has 3 N–H and O–H groups in total. The van der Waals surface area contributed by atoms with Crippen LogP contribution in [-0.2, 0) is 0 Å². The molecule has 0 amide bonds. The fraction of sp³-hybridized carbons (Fsp3) is 0.909. The number of nitrogens with two attached hydrogens (primary N) is 1. The van der Waals surface area contributed by atoms with Gasteiger partial charge in [-0.25, -0.2) is 5.84 Å². The predicted octanol–water partition coefficient (Wildman–Crippen LogP) is 1.58. The first-order chi connectivity index (χ1) is 7.10. The zero-order valence-corrected chi connectivity index (χ0v) is 10.7. The van der Waals surface area contributed by atoms with Gasteiger partial charge in [0.2, 0.25) is 5.96 Å². The molecule has 0 saturated heterocycles. The van der Waals surface area contributed by atoms with Crippen LogP contribution in [0.3, 0.4) is 0 Å². The third-order valence-electron chi connectivity index (χ3n) is 2.56. The molecule has 0 aromatic carbocycles. The van der Waals surface area contributed by atoms with E-state index in [1.807, 2.05) is 0 Å².